The summed E-state index contributed by atoms with van der Waals surface area (Å²) in [5.74, 6) is 0.418. The van der Waals surface area contributed by atoms with E-state index in [9.17, 15) is 0 Å². The summed E-state index contributed by atoms with van der Waals surface area (Å²) in [6.07, 6.45) is 0.982. The minimum absolute atomic E-state index is 0.303. The van der Waals surface area contributed by atoms with E-state index < -0.39 is 0 Å². The van der Waals surface area contributed by atoms with Crippen LogP contribution in [0.5, 0.6) is 0 Å². The molecule has 0 saturated carbocycles. The van der Waals surface area contributed by atoms with E-state index in [0.717, 1.165) is 18.7 Å². The molecule has 0 bridgehead atoms. The minimum atomic E-state index is 0.303. The van der Waals surface area contributed by atoms with Crippen molar-refractivity contribution >= 4 is 38.8 Å². The van der Waals surface area contributed by atoms with Gasteiger partial charge in [-0.3, -0.25) is 0 Å². The standard InChI is InChI=1S/C13H18BrN3S2/c1-4-15-10(7-11-9(14)5-6-18-11)13-12(8(2)3)16-17-19-13/h5-6,8,10,15H,4,7H2,1-3H3. The second-order valence-corrected chi connectivity index (χ2v) is 7.32. The molecule has 2 aromatic rings. The summed E-state index contributed by atoms with van der Waals surface area (Å²) in [6, 6.07) is 2.41. The lowest BCUT2D eigenvalue weighted by molar-refractivity contribution is 0.552. The van der Waals surface area contributed by atoms with Gasteiger partial charge in [0.1, 0.15) is 0 Å². The number of likely N-dealkylation sites (N-methyl/N-ethyl adjacent to an activating group) is 1. The van der Waals surface area contributed by atoms with Crippen molar-refractivity contribution < 1.29 is 0 Å². The molecule has 0 fully saturated rings. The molecule has 3 nitrogen and oxygen atoms in total. The molecular weight excluding hydrogens is 342 g/mol. The van der Waals surface area contributed by atoms with E-state index in [1.165, 1.54) is 25.8 Å². The normalized spacial score (nSPS) is 13.1. The zero-order valence-corrected chi connectivity index (χ0v) is 14.5. The van der Waals surface area contributed by atoms with Crippen molar-refractivity contribution in [2.75, 3.05) is 6.54 Å². The van der Waals surface area contributed by atoms with Gasteiger partial charge in [-0.25, -0.2) is 0 Å². The maximum Gasteiger partial charge on any atom is 0.0829 e. The molecule has 0 amide bonds. The fourth-order valence-corrected chi connectivity index (χ4v) is 4.45. The van der Waals surface area contributed by atoms with Crippen LogP contribution in [0.25, 0.3) is 0 Å². The zero-order chi connectivity index (χ0) is 13.8. The van der Waals surface area contributed by atoms with Crippen LogP contribution in [0.2, 0.25) is 0 Å². The maximum absolute atomic E-state index is 4.29. The highest BCUT2D eigenvalue weighted by Gasteiger charge is 2.22. The fourth-order valence-electron chi connectivity index (χ4n) is 2.01. The molecule has 1 unspecified atom stereocenters. The molecule has 0 spiro atoms. The van der Waals surface area contributed by atoms with Crippen molar-refractivity contribution in [2.24, 2.45) is 0 Å². The van der Waals surface area contributed by atoms with Crippen LogP contribution < -0.4 is 5.32 Å². The summed E-state index contributed by atoms with van der Waals surface area (Å²) in [5, 5.41) is 9.97. The summed E-state index contributed by atoms with van der Waals surface area (Å²) in [4.78, 5) is 2.64. The van der Waals surface area contributed by atoms with Gasteiger partial charge >= 0.3 is 0 Å². The highest BCUT2D eigenvalue weighted by atomic mass is 79.9. The van der Waals surface area contributed by atoms with Crippen molar-refractivity contribution in [1.29, 1.82) is 0 Å². The smallest absolute Gasteiger partial charge is 0.0829 e. The van der Waals surface area contributed by atoms with E-state index in [1.807, 2.05) is 0 Å². The molecular formula is C13H18BrN3S2. The molecule has 0 saturated heterocycles. The van der Waals surface area contributed by atoms with Gasteiger partial charge in [-0.1, -0.05) is 25.3 Å². The first-order valence-electron chi connectivity index (χ1n) is 6.40. The fraction of sp³-hybridized carbons (Fsp3) is 0.538. The minimum Gasteiger partial charge on any atom is -0.309 e. The molecule has 0 aliphatic heterocycles. The molecule has 2 rings (SSSR count). The summed E-state index contributed by atoms with van der Waals surface area (Å²) in [5.41, 5.74) is 1.13. The largest absolute Gasteiger partial charge is 0.309 e. The van der Waals surface area contributed by atoms with E-state index >= 15 is 0 Å². The third-order valence-electron chi connectivity index (χ3n) is 2.93. The van der Waals surface area contributed by atoms with Gasteiger partial charge in [0.15, 0.2) is 0 Å². The predicted octanol–water partition coefficient (Wildman–Crippen LogP) is 4.38. The Morgan fingerprint density at radius 3 is 2.79 bits per heavy atom. The summed E-state index contributed by atoms with van der Waals surface area (Å²) in [7, 11) is 0. The molecule has 19 heavy (non-hydrogen) atoms. The lowest BCUT2D eigenvalue weighted by Gasteiger charge is -2.17. The lowest BCUT2D eigenvalue weighted by atomic mass is 10.0. The molecule has 1 N–H and O–H groups in total. The van der Waals surface area contributed by atoms with Gasteiger partial charge in [0.25, 0.3) is 0 Å². The highest BCUT2D eigenvalue weighted by molar-refractivity contribution is 9.10. The van der Waals surface area contributed by atoms with Gasteiger partial charge in [0.05, 0.1) is 10.6 Å². The van der Waals surface area contributed by atoms with Crippen molar-refractivity contribution in [3.05, 3.63) is 31.4 Å². The van der Waals surface area contributed by atoms with E-state index in [2.05, 4.69) is 63.1 Å². The van der Waals surface area contributed by atoms with Gasteiger partial charge in [0, 0.05) is 21.8 Å². The number of thiophene rings is 1. The number of rotatable bonds is 6. The summed E-state index contributed by atoms with van der Waals surface area (Å²) in [6.45, 7) is 7.43. The number of nitrogens with zero attached hydrogens (tertiary/aromatic N) is 2. The Labute approximate surface area is 130 Å². The summed E-state index contributed by atoms with van der Waals surface area (Å²) < 4.78 is 5.34. The van der Waals surface area contributed by atoms with Crippen LogP contribution in [-0.4, -0.2) is 16.1 Å². The molecule has 0 aromatic carbocycles. The van der Waals surface area contributed by atoms with Crippen molar-refractivity contribution in [2.45, 2.75) is 39.2 Å². The van der Waals surface area contributed by atoms with Crippen molar-refractivity contribution in [3.8, 4) is 0 Å². The number of nitrogens with one attached hydrogen (secondary N) is 1. The monoisotopic (exact) mass is 359 g/mol. The van der Waals surface area contributed by atoms with Crippen LogP contribution in [0.1, 0.15) is 48.2 Å². The molecule has 0 aliphatic carbocycles. The molecule has 0 aliphatic rings. The third kappa shape index (κ3) is 3.62. The average molecular weight is 360 g/mol. The van der Waals surface area contributed by atoms with Gasteiger partial charge < -0.3 is 5.32 Å². The molecule has 2 aromatic heterocycles. The van der Waals surface area contributed by atoms with Gasteiger partial charge in [0.2, 0.25) is 0 Å². The Balaban J connectivity index is 2.24. The first kappa shape index (κ1) is 15.1. The first-order chi connectivity index (χ1) is 9.13. The average Bonchev–Trinajstić information content (AvgIpc) is 2.98. The molecule has 2 heterocycles. The predicted molar refractivity (Wildman–Crippen MR) is 86.1 cm³/mol. The van der Waals surface area contributed by atoms with Gasteiger partial charge in [-0.2, -0.15) is 0 Å². The van der Waals surface area contributed by atoms with Crippen LogP contribution in [0.15, 0.2) is 15.9 Å². The molecule has 1 atom stereocenters. The Morgan fingerprint density at radius 2 is 2.21 bits per heavy atom. The third-order valence-corrected chi connectivity index (χ3v) is 5.74. The number of aromatic nitrogens is 2. The van der Waals surface area contributed by atoms with Crippen LogP contribution in [0.4, 0.5) is 0 Å². The molecule has 6 heteroatoms. The van der Waals surface area contributed by atoms with Gasteiger partial charge in [-0.05, 0) is 51.4 Å². The Morgan fingerprint density at radius 1 is 1.42 bits per heavy atom. The van der Waals surface area contributed by atoms with Crippen LogP contribution >= 0.6 is 38.8 Å². The Hall–Kier alpha value is -0.300. The van der Waals surface area contributed by atoms with Crippen molar-refractivity contribution in [1.82, 2.24) is 14.9 Å². The Kier molecular flexibility index (Phi) is 5.50. The molecule has 104 valence electrons. The maximum atomic E-state index is 4.29. The zero-order valence-electron chi connectivity index (χ0n) is 11.3. The highest BCUT2D eigenvalue weighted by Crippen LogP contribution is 2.32. The van der Waals surface area contributed by atoms with Gasteiger partial charge in [-0.15, -0.1) is 16.4 Å². The number of halogens is 1. The van der Waals surface area contributed by atoms with Crippen LogP contribution in [0, 0.1) is 0 Å². The number of hydrogen-bond donors (Lipinski definition) is 1. The van der Waals surface area contributed by atoms with Crippen LogP contribution in [0.3, 0.4) is 0 Å². The number of hydrogen-bond acceptors (Lipinski definition) is 5. The Bertz CT molecular complexity index is 521. The molecule has 0 radical (unpaired) electrons. The van der Waals surface area contributed by atoms with E-state index in [4.69, 9.17) is 0 Å². The summed E-state index contributed by atoms with van der Waals surface area (Å²) >= 11 is 6.92. The lowest BCUT2D eigenvalue weighted by Crippen LogP contribution is -2.23. The van der Waals surface area contributed by atoms with Crippen molar-refractivity contribution in [3.63, 3.8) is 0 Å². The first-order valence-corrected chi connectivity index (χ1v) is 8.85. The van der Waals surface area contributed by atoms with E-state index in [1.54, 1.807) is 11.3 Å². The topological polar surface area (TPSA) is 37.8 Å². The second-order valence-electron chi connectivity index (χ2n) is 4.68. The SMILES string of the molecule is CCNC(Cc1sccc1Br)c1snnc1C(C)C. The van der Waals surface area contributed by atoms with Crippen LogP contribution in [-0.2, 0) is 6.42 Å². The second kappa shape index (κ2) is 6.92. The van der Waals surface area contributed by atoms with E-state index in [0.29, 0.717) is 12.0 Å². The quantitative estimate of drug-likeness (QED) is 0.831. The van der Waals surface area contributed by atoms with E-state index in [-0.39, 0.29) is 0 Å².